The van der Waals surface area contributed by atoms with Gasteiger partial charge in [-0.3, -0.25) is 0 Å². The van der Waals surface area contributed by atoms with Crippen LogP contribution in [0.5, 0.6) is 0 Å². The minimum Gasteiger partial charge on any atom is -1.00 e. The van der Waals surface area contributed by atoms with E-state index < -0.39 is 0 Å². The Hall–Kier alpha value is -0.0169. The Labute approximate surface area is 273 Å². The van der Waals surface area contributed by atoms with Crippen LogP contribution in [0.4, 0.5) is 0 Å². The first-order chi connectivity index (χ1) is 16.4. The van der Waals surface area contributed by atoms with Crippen molar-refractivity contribution in [2.45, 2.75) is 104 Å². The van der Waals surface area contributed by atoms with Crippen LogP contribution in [0, 0.1) is 0 Å². The van der Waals surface area contributed by atoms with E-state index >= 15 is 0 Å². The molecule has 0 unspecified atom stereocenters. The molecule has 0 bridgehead atoms. The largest absolute Gasteiger partial charge is 4.00 e. The molecule has 5 heteroatoms. The third-order valence-electron chi connectivity index (χ3n) is 6.41. The summed E-state index contributed by atoms with van der Waals surface area (Å²) in [4.78, 5) is 0. The van der Waals surface area contributed by atoms with Crippen LogP contribution in [0.15, 0.2) is 72.8 Å². The average molecular weight is 681 g/mol. The van der Waals surface area contributed by atoms with E-state index in [-0.39, 0.29) is 66.9 Å². The Morgan fingerprint density at radius 3 is 0.949 bits per heavy atom. The number of hydrogen-bond donors (Lipinski definition) is 0. The zero-order valence-electron chi connectivity index (χ0n) is 26.1. The third-order valence-corrected chi connectivity index (χ3v) is 13.3. The molecule has 0 aliphatic carbocycles. The monoisotopic (exact) mass is 678 g/mol. The van der Waals surface area contributed by atoms with E-state index in [0.29, 0.717) is 20.6 Å². The number of benzene rings is 2. The zero-order valence-corrected chi connectivity index (χ0v) is 31.8. The van der Waals surface area contributed by atoms with Crippen LogP contribution in [-0.4, -0.2) is 20.6 Å². The van der Waals surface area contributed by atoms with Crippen LogP contribution in [0.1, 0.15) is 83.1 Å². The fourth-order valence-electron chi connectivity index (χ4n) is 6.09. The van der Waals surface area contributed by atoms with Crippen LogP contribution in [0.3, 0.4) is 0 Å². The van der Waals surface area contributed by atoms with Crippen molar-refractivity contribution >= 4 is 48.0 Å². The summed E-state index contributed by atoms with van der Waals surface area (Å²) in [6, 6.07) is 27.0. The number of fused-ring (bicyclic) bond motifs is 2. The predicted molar refractivity (Wildman–Crippen MR) is 171 cm³/mol. The van der Waals surface area contributed by atoms with Gasteiger partial charge in [0.05, 0.1) is 0 Å². The molecular weight excluding hydrogens is 632 g/mol. The summed E-state index contributed by atoms with van der Waals surface area (Å²) in [6.45, 7) is 28.5. The van der Waals surface area contributed by atoms with Gasteiger partial charge < -0.3 is 24.8 Å². The third kappa shape index (κ3) is 10.0. The molecule has 0 aliphatic heterocycles. The smallest absolute Gasteiger partial charge is 1.00 e. The summed E-state index contributed by atoms with van der Waals surface area (Å²) in [7, 11) is -0.369. The summed E-state index contributed by atoms with van der Waals surface area (Å²) in [5.74, 6) is 0. The maximum Gasteiger partial charge on any atom is 4.00 e. The molecule has 0 saturated carbocycles. The van der Waals surface area contributed by atoms with Crippen molar-refractivity contribution in [3.05, 3.63) is 72.8 Å². The fraction of sp³-hybridized carbons (Fsp3) is 0.471. The predicted octanol–water partition coefficient (Wildman–Crippen LogP) is 4.53. The second kappa shape index (κ2) is 14.4. The SMILES string of the molecule is CC(C)(C)P(c1cc2ccccc2[cH-]1)C(C)(C)C.CC(C)(C)P(c1cc2ccccc2[cH-]1)C(C)(C)C.[Cl-].[Cl-].[Zr+4]. The summed E-state index contributed by atoms with van der Waals surface area (Å²) in [5.41, 5.74) is 0. The Bertz CT molecular complexity index is 1090. The first-order valence-electron chi connectivity index (χ1n) is 13.3. The van der Waals surface area contributed by atoms with Gasteiger partial charge in [-0.25, -0.2) is 0 Å². The van der Waals surface area contributed by atoms with E-state index in [9.17, 15) is 0 Å². The topological polar surface area (TPSA) is 0 Å². The Morgan fingerprint density at radius 1 is 0.462 bits per heavy atom. The van der Waals surface area contributed by atoms with Gasteiger partial charge in [0.2, 0.25) is 0 Å². The van der Waals surface area contributed by atoms with Gasteiger partial charge in [-0.05, 0) is 20.6 Å². The maximum atomic E-state index is 2.40. The second-order valence-corrected chi connectivity index (χ2v) is 21.8. The molecule has 212 valence electrons. The summed E-state index contributed by atoms with van der Waals surface area (Å²) in [6.07, 6.45) is 0. The fourth-order valence-corrected chi connectivity index (χ4v) is 14.3. The van der Waals surface area contributed by atoms with Crippen molar-refractivity contribution in [2.24, 2.45) is 0 Å². The molecule has 0 nitrogen and oxygen atoms in total. The Kier molecular flexibility index (Phi) is 14.4. The van der Waals surface area contributed by atoms with Crippen LogP contribution in [0.2, 0.25) is 0 Å². The average Bonchev–Trinajstić information content (AvgIpc) is 3.26. The zero-order chi connectivity index (χ0) is 27.1. The van der Waals surface area contributed by atoms with E-state index in [2.05, 4.69) is 156 Å². The normalized spacial score (nSPS) is 12.5. The molecule has 4 aromatic rings. The van der Waals surface area contributed by atoms with E-state index in [1.54, 1.807) is 10.6 Å². The van der Waals surface area contributed by atoms with Crippen molar-refractivity contribution < 1.29 is 51.0 Å². The van der Waals surface area contributed by atoms with Crippen LogP contribution in [-0.2, 0) is 26.2 Å². The number of rotatable bonds is 2. The second-order valence-electron chi connectivity index (χ2n) is 14.0. The van der Waals surface area contributed by atoms with Crippen molar-refractivity contribution in [2.75, 3.05) is 0 Å². The van der Waals surface area contributed by atoms with Gasteiger partial charge in [-0.2, -0.15) is 12.1 Å². The minimum atomic E-state index is -0.185. The molecule has 0 amide bonds. The van der Waals surface area contributed by atoms with Crippen molar-refractivity contribution in [1.29, 1.82) is 0 Å². The van der Waals surface area contributed by atoms with Crippen LogP contribution in [0.25, 0.3) is 21.5 Å². The number of hydrogen-bond acceptors (Lipinski definition) is 0. The van der Waals surface area contributed by atoms with Crippen molar-refractivity contribution in [3.8, 4) is 0 Å². The standard InChI is InChI=1S/2C17H24P.2ClH.Zr/c2*1-16(2,3)18(17(4,5)6)15-11-13-9-7-8-10-14(13)12-15;;;/h2*7-12H,1-6H3;2*1H;/q2*-1;;;+4/p-2. The van der Waals surface area contributed by atoms with Gasteiger partial charge in [-0.1, -0.05) is 111 Å². The first-order valence-corrected chi connectivity index (χ1v) is 16.0. The van der Waals surface area contributed by atoms with Crippen molar-refractivity contribution in [3.63, 3.8) is 0 Å². The molecule has 0 fully saturated rings. The summed E-state index contributed by atoms with van der Waals surface area (Å²) in [5, 5.41) is 10.0. The Balaban J connectivity index is 0.000000688. The molecule has 0 heterocycles. The molecule has 4 aromatic carbocycles. The van der Waals surface area contributed by atoms with Gasteiger partial charge in [0.15, 0.2) is 0 Å². The molecule has 0 aromatic heterocycles. The molecule has 0 radical (unpaired) electrons. The van der Waals surface area contributed by atoms with Crippen LogP contribution < -0.4 is 35.4 Å². The number of halogens is 2. The molecule has 0 saturated heterocycles. The van der Waals surface area contributed by atoms with E-state index in [0.717, 1.165) is 0 Å². The van der Waals surface area contributed by atoms with Gasteiger partial charge >= 0.3 is 26.2 Å². The molecule has 0 atom stereocenters. The first kappa shape index (κ1) is 39.0. The van der Waals surface area contributed by atoms with Gasteiger partial charge in [-0.15, -0.1) is 80.7 Å². The summed E-state index contributed by atoms with van der Waals surface area (Å²) >= 11 is 0. The molecular formula is C34H48Cl2P2Zr. The molecule has 0 aliphatic rings. The minimum absolute atomic E-state index is 0. The van der Waals surface area contributed by atoms with Gasteiger partial charge in [0.1, 0.15) is 0 Å². The molecule has 39 heavy (non-hydrogen) atoms. The molecule has 0 N–H and O–H groups in total. The van der Waals surface area contributed by atoms with Crippen LogP contribution >= 0.6 is 15.8 Å². The van der Waals surface area contributed by atoms with Gasteiger partial charge in [0.25, 0.3) is 0 Å². The molecule has 4 rings (SSSR count). The van der Waals surface area contributed by atoms with E-state index in [1.807, 2.05) is 0 Å². The molecule has 0 spiro atoms. The van der Waals surface area contributed by atoms with E-state index in [4.69, 9.17) is 0 Å². The maximum absolute atomic E-state index is 2.40. The quantitative estimate of drug-likeness (QED) is 0.216. The van der Waals surface area contributed by atoms with Crippen molar-refractivity contribution in [1.82, 2.24) is 0 Å². The van der Waals surface area contributed by atoms with E-state index in [1.165, 1.54) is 21.5 Å². The van der Waals surface area contributed by atoms with Gasteiger partial charge in [0, 0.05) is 0 Å². The summed E-state index contributed by atoms with van der Waals surface area (Å²) < 4.78 is 0. The Morgan fingerprint density at radius 2 is 0.718 bits per heavy atom.